The monoisotopic (exact) mass is 222 g/mol. The summed E-state index contributed by atoms with van der Waals surface area (Å²) in [7, 11) is 0. The minimum Gasteiger partial charge on any atom is -0.506 e. The van der Waals surface area contributed by atoms with Gasteiger partial charge in [0.15, 0.2) is 0 Å². The van der Waals surface area contributed by atoms with Crippen molar-refractivity contribution in [2.75, 3.05) is 6.54 Å². The highest BCUT2D eigenvalue weighted by Crippen LogP contribution is 2.33. The van der Waals surface area contributed by atoms with Crippen LogP contribution in [0.1, 0.15) is 42.1 Å². The van der Waals surface area contributed by atoms with Crippen LogP contribution in [0.2, 0.25) is 0 Å². The number of hydrogen-bond acceptors (Lipinski definition) is 4. The summed E-state index contributed by atoms with van der Waals surface area (Å²) in [5, 5.41) is 22.7. The van der Waals surface area contributed by atoms with E-state index in [1.165, 1.54) is 6.42 Å². The molecule has 0 saturated carbocycles. The van der Waals surface area contributed by atoms with Gasteiger partial charge in [-0.05, 0) is 26.3 Å². The third kappa shape index (κ3) is 2.03. The lowest BCUT2D eigenvalue weighted by Gasteiger charge is -2.26. The Morgan fingerprint density at radius 1 is 1.50 bits per heavy atom. The zero-order valence-electron chi connectivity index (χ0n) is 9.53. The van der Waals surface area contributed by atoms with Crippen LogP contribution in [0.25, 0.3) is 0 Å². The van der Waals surface area contributed by atoms with Gasteiger partial charge in [0.1, 0.15) is 5.75 Å². The van der Waals surface area contributed by atoms with Gasteiger partial charge < -0.3 is 15.5 Å². The molecule has 1 fully saturated rings. The van der Waals surface area contributed by atoms with Crippen LogP contribution >= 0.6 is 0 Å². The number of pyridine rings is 1. The first-order valence-electron chi connectivity index (χ1n) is 5.75. The number of rotatable bonds is 2. The maximum absolute atomic E-state index is 10.0. The smallest absolute Gasteiger partial charge is 0.141 e. The standard InChI is InChI=1S/C12H18N2O2/c1-8-12(16)11(9(7-15)6-14-8)10-4-2-3-5-13-10/h6,10,13,15-16H,2-5,7H2,1H3/t10-/m1/s1. The summed E-state index contributed by atoms with van der Waals surface area (Å²) in [5.41, 5.74) is 2.18. The SMILES string of the molecule is Cc1ncc(CO)c([C@H]2CCCCN2)c1O. The number of aryl methyl sites for hydroxylation is 1. The predicted octanol–water partition coefficient (Wildman–Crippen LogP) is 1.40. The predicted molar refractivity (Wildman–Crippen MR) is 61.2 cm³/mol. The van der Waals surface area contributed by atoms with Crippen LogP contribution in [0.3, 0.4) is 0 Å². The fraction of sp³-hybridized carbons (Fsp3) is 0.583. The molecule has 0 amide bonds. The zero-order valence-corrected chi connectivity index (χ0v) is 9.53. The molecule has 3 N–H and O–H groups in total. The Morgan fingerprint density at radius 3 is 2.94 bits per heavy atom. The number of aromatic hydroxyl groups is 1. The summed E-state index contributed by atoms with van der Waals surface area (Å²) >= 11 is 0. The average Bonchev–Trinajstić information content (AvgIpc) is 2.33. The Kier molecular flexibility index (Phi) is 3.41. The Labute approximate surface area is 95.3 Å². The average molecular weight is 222 g/mol. The quantitative estimate of drug-likeness (QED) is 0.707. The minimum absolute atomic E-state index is 0.0750. The van der Waals surface area contributed by atoms with E-state index in [4.69, 9.17) is 0 Å². The van der Waals surface area contributed by atoms with Gasteiger partial charge in [-0.2, -0.15) is 0 Å². The first-order valence-corrected chi connectivity index (χ1v) is 5.75. The molecule has 1 aliphatic rings. The molecule has 0 spiro atoms. The van der Waals surface area contributed by atoms with Crippen LogP contribution in [0.4, 0.5) is 0 Å². The second-order valence-corrected chi connectivity index (χ2v) is 4.29. The van der Waals surface area contributed by atoms with Gasteiger partial charge in [0, 0.05) is 23.4 Å². The summed E-state index contributed by atoms with van der Waals surface area (Å²) < 4.78 is 0. The summed E-state index contributed by atoms with van der Waals surface area (Å²) in [6, 6.07) is 0.151. The second-order valence-electron chi connectivity index (χ2n) is 4.29. The molecular weight excluding hydrogens is 204 g/mol. The van der Waals surface area contributed by atoms with E-state index in [1.807, 2.05) is 0 Å². The van der Waals surface area contributed by atoms with Crippen molar-refractivity contribution in [3.63, 3.8) is 0 Å². The van der Waals surface area contributed by atoms with Gasteiger partial charge in [-0.1, -0.05) is 6.42 Å². The normalized spacial score (nSPS) is 21.0. The van der Waals surface area contributed by atoms with E-state index in [9.17, 15) is 10.2 Å². The molecule has 1 atom stereocenters. The van der Waals surface area contributed by atoms with Crippen LogP contribution in [-0.4, -0.2) is 21.7 Å². The first-order chi connectivity index (χ1) is 7.74. The maximum atomic E-state index is 10.0. The molecule has 88 valence electrons. The Morgan fingerprint density at radius 2 is 2.31 bits per heavy atom. The summed E-state index contributed by atoms with van der Waals surface area (Å²) in [6.07, 6.45) is 4.99. The van der Waals surface area contributed by atoms with E-state index >= 15 is 0 Å². The van der Waals surface area contributed by atoms with E-state index in [2.05, 4.69) is 10.3 Å². The van der Waals surface area contributed by atoms with Crippen molar-refractivity contribution in [2.45, 2.75) is 38.8 Å². The number of nitrogens with zero attached hydrogens (tertiary/aromatic N) is 1. The summed E-state index contributed by atoms with van der Waals surface area (Å²) in [6.45, 7) is 2.67. The van der Waals surface area contributed by atoms with Crippen molar-refractivity contribution in [2.24, 2.45) is 0 Å². The third-order valence-electron chi connectivity index (χ3n) is 3.19. The van der Waals surface area contributed by atoms with Crippen LogP contribution in [0.5, 0.6) is 5.75 Å². The van der Waals surface area contributed by atoms with Crippen LogP contribution in [0, 0.1) is 6.92 Å². The number of nitrogens with one attached hydrogen (secondary N) is 1. The highest BCUT2D eigenvalue weighted by molar-refractivity contribution is 5.43. The van der Waals surface area contributed by atoms with Gasteiger partial charge in [0.25, 0.3) is 0 Å². The molecule has 1 aromatic heterocycles. The largest absolute Gasteiger partial charge is 0.506 e. The third-order valence-corrected chi connectivity index (χ3v) is 3.19. The number of aromatic nitrogens is 1. The highest BCUT2D eigenvalue weighted by Gasteiger charge is 2.22. The van der Waals surface area contributed by atoms with E-state index in [0.717, 1.165) is 30.5 Å². The van der Waals surface area contributed by atoms with Crippen molar-refractivity contribution in [1.82, 2.24) is 10.3 Å². The van der Waals surface area contributed by atoms with E-state index in [1.54, 1.807) is 13.1 Å². The Bertz CT molecular complexity index is 374. The van der Waals surface area contributed by atoms with Crippen LogP contribution in [-0.2, 0) is 6.61 Å². The van der Waals surface area contributed by atoms with Gasteiger partial charge in [-0.25, -0.2) is 0 Å². The molecule has 4 nitrogen and oxygen atoms in total. The molecule has 0 radical (unpaired) electrons. The molecule has 0 aromatic carbocycles. The Balaban J connectivity index is 2.39. The number of piperidine rings is 1. The minimum atomic E-state index is -0.0750. The molecule has 1 saturated heterocycles. The molecule has 16 heavy (non-hydrogen) atoms. The van der Waals surface area contributed by atoms with Crippen LogP contribution < -0.4 is 5.32 Å². The molecular formula is C12H18N2O2. The van der Waals surface area contributed by atoms with E-state index < -0.39 is 0 Å². The fourth-order valence-corrected chi connectivity index (χ4v) is 2.27. The molecule has 0 bridgehead atoms. The molecule has 4 heteroatoms. The van der Waals surface area contributed by atoms with Crippen molar-refractivity contribution < 1.29 is 10.2 Å². The zero-order chi connectivity index (χ0) is 11.5. The lowest BCUT2D eigenvalue weighted by atomic mass is 9.93. The number of aliphatic hydroxyl groups excluding tert-OH is 1. The van der Waals surface area contributed by atoms with Crippen molar-refractivity contribution in [1.29, 1.82) is 0 Å². The van der Waals surface area contributed by atoms with Gasteiger partial charge in [-0.3, -0.25) is 4.98 Å². The van der Waals surface area contributed by atoms with E-state index in [-0.39, 0.29) is 18.4 Å². The lowest BCUT2D eigenvalue weighted by molar-refractivity contribution is 0.275. The molecule has 1 aromatic rings. The second kappa shape index (κ2) is 4.80. The Hall–Kier alpha value is -1.13. The van der Waals surface area contributed by atoms with Crippen molar-refractivity contribution in [3.05, 3.63) is 23.0 Å². The molecule has 1 aliphatic heterocycles. The lowest BCUT2D eigenvalue weighted by Crippen LogP contribution is -2.28. The topological polar surface area (TPSA) is 65.4 Å². The fourth-order valence-electron chi connectivity index (χ4n) is 2.27. The van der Waals surface area contributed by atoms with Crippen molar-refractivity contribution >= 4 is 0 Å². The van der Waals surface area contributed by atoms with E-state index in [0.29, 0.717) is 5.69 Å². The van der Waals surface area contributed by atoms with Gasteiger partial charge in [0.2, 0.25) is 0 Å². The van der Waals surface area contributed by atoms with Crippen molar-refractivity contribution in [3.8, 4) is 5.75 Å². The van der Waals surface area contributed by atoms with Gasteiger partial charge >= 0.3 is 0 Å². The molecule has 2 rings (SSSR count). The summed E-state index contributed by atoms with van der Waals surface area (Å²) in [5.74, 6) is 0.228. The van der Waals surface area contributed by atoms with Crippen LogP contribution in [0.15, 0.2) is 6.20 Å². The molecule has 0 aliphatic carbocycles. The first kappa shape index (κ1) is 11.4. The number of hydrogen-bond donors (Lipinski definition) is 3. The molecule has 2 heterocycles. The highest BCUT2D eigenvalue weighted by atomic mass is 16.3. The van der Waals surface area contributed by atoms with Gasteiger partial charge in [-0.15, -0.1) is 0 Å². The molecule has 0 unspecified atom stereocenters. The number of aliphatic hydroxyl groups is 1. The maximum Gasteiger partial charge on any atom is 0.141 e. The van der Waals surface area contributed by atoms with Gasteiger partial charge in [0.05, 0.1) is 12.3 Å². The summed E-state index contributed by atoms with van der Waals surface area (Å²) in [4.78, 5) is 4.07.